The topological polar surface area (TPSA) is 62.3 Å². The van der Waals surface area contributed by atoms with E-state index in [1.807, 2.05) is 6.92 Å². The summed E-state index contributed by atoms with van der Waals surface area (Å²) in [5, 5.41) is 0. The van der Waals surface area contributed by atoms with Crippen molar-refractivity contribution in [2.24, 2.45) is 0 Å². The average Bonchev–Trinajstić information content (AvgIpc) is 2.88. The first-order valence-corrected chi connectivity index (χ1v) is 8.51. The SMILES string of the molecule is CC(CN1CCCC1)NS(=O)(=O)c1cnc(Cl)s1. The minimum Gasteiger partial charge on any atom is -0.302 e. The summed E-state index contributed by atoms with van der Waals surface area (Å²) < 4.78 is 27.1. The molecule has 1 aliphatic heterocycles. The second-order valence-corrected chi connectivity index (χ2v) is 8.02. The molecule has 2 rings (SSSR count). The minimum absolute atomic E-state index is 0.117. The van der Waals surface area contributed by atoms with Crippen molar-refractivity contribution in [3.63, 3.8) is 0 Å². The lowest BCUT2D eigenvalue weighted by Gasteiger charge is -2.20. The molecule has 1 N–H and O–H groups in total. The van der Waals surface area contributed by atoms with Gasteiger partial charge >= 0.3 is 0 Å². The van der Waals surface area contributed by atoms with Gasteiger partial charge in [0.1, 0.15) is 0 Å². The van der Waals surface area contributed by atoms with Crippen LogP contribution in [0.1, 0.15) is 19.8 Å². The monoisotopic (exact) mass is 309 g/mol. The van der Waals surface area contributed by atoms with Gasteiger partial charge in [0.25, 0.3) is 10.0 Å². The molecule has 1 aromatic rings. The van der Waals surface area contributed by atoms with Crippen LogP contribution < -0.4 is 4.72 Å². The molecule has 1 atom stereocenters. The Balaban J connectivity index is 1.95. The summed E-state index contributed by atoms with van der Waals surface area (Å²) in [6, 6.07) is -0.117. The van der Waals surface area contributed by atoms with Crippen LogP contribution in [0.4, 0.5) is 0 Å². The van der Waals surface area contributed by atoms with Gasteiger partial charge in [0.2, 0.25) is 0 Å². The normalized spacial score (nSPS) is 19.2. The largest absolute Gasteiger partial charge is 0.302 e. The Morgan fingerprint density at radius 3 is 2.78 bits per heavy atom. The zero-order valence-corrected chi connectivity index (χ0v) is 12.5. The molecule has 8 heteroatoms. The molecular formula is C10H16ClN3O2S2. The molecule has 0 spiro atoms. The molecule has 102 valence electrons. The summed E-state index contributed by atoms with van der Waals surface area (Å²) in [6.07, 6.45) is 3.69. The molecule has 0 saturated carbocycles. The van der Waals surface area contributed by atoms with Crippen LogP contribution >= 0.6 is 22.9 Å². The van der Waals surface area contributed by atoms with Crippen molar-refractivity contribution < 1.29 is 8.42 Å². The molecule has 0 aliphatic carbocycles. The molecular weight excluding hydrogens is 294 g/mol. The van der Waals surface area contributed by atoms with Crippen LogP contribution in [0.25, 0.3) is 0 Å². The lowest BCUT2D eigenvalue weighted by atomic mass is 10.3. The van der Waals surface area contributed by atoms with Gasteiger partial charge in [-0.3, -0.25) is 0 Å². The Morgan fingerprint density at radius 2 is 2.22 bits per heavy atom. The smallest absolute Gasteiger partial charge is 0.251 e. The lowest BCUT2D eigenvalue weighted by molar-refractivity contribution is 0.313. The number of hydrogen-bond acceptors (Lipinski definition) is 5. The first kappa shape index (κ1) is 14.2. The number of likely N-dealkylation sites (tertiary alicyclic amines) is 1. The number of hydrogen-bond donors (Lipinski definition) is 1. The number of aromatic nitrogens is 1. The van der Waals surface area contributed by atoms with Crippen LogP contribution in [-0.2, 0) is 10.0 Å². The van der Waals surface area contributed by atoms with Gasteiger partial charge in [0, 0.05) is 12.6 Å². The molecule has 1 aromatic heterocycles. The zero-order valence-electron chi connectivity index (χ0n) is 10.1. The quantitative estimate of drug-likeness (QED) is 0.896. The van der Waals surface area contributed by atoms with Gasteiger partial charge < -0.3 is 4.90 Å². The van der Waals surface area contributed by atoms with Gasteiger partial charge in [-0.05, 0) is 32.9 Å². The van der Waals surface area contributed by atoms with Crippen LogP contribution in [0.2, 0.25) is 4.47 Å². The van der Waals surface area contributed by atoms with E-state index in [1.165, 1.54) is 19.0 Å². The summed E-state index contributed by atoms with van der Waals surface area (Å²) >= 11 is 6.62. The van der Waals surface area contributed by atoms with Gasteiger partial charge in [0.15, 0.2) is 8.68 Å². The number of sulfonamides is 1. The van der Waals surface area contributed by atoms with Gasteiger partial charge in [-0.2, -0.15) is 0 Å². The molecule has 0 bridgehead atoms. The third-order valence-electron chi connectivity index (χ3n) is 2.81. The van der Waals surface area contributed by atoms with E-state index in [9.17, 15) is 8.42 Å². The Kier molecular flexibility index (Phi) is 4.60. The number of halogens is 1. The molecule has 5 nitrogen and oxygen atoms in total. The van der Waals surface area contributed by atoms with Crippen LogP contribution in [0.15, 0.2) is 10.4 Å². The number of nitrogens with zero attached hydrogens (tertiary/aromatic N) is 2. The summed E-state index contributed by atoms with van der Waals surface area (Å²) in [5.41, 5.74) is 0. The van der Waals surface area contributed by atoms with Gasteiger partial charge in [-0.15, -0.1) is 0 Å². The van der Waals surface area contributed by atoms with E-state index < -0.39 is 10.0 Å². The van der Waals surface area contributed by atoms with Crippen LogP contribution in [0.5, 0.6) is 0 Å². The van der Waals surface area contributed by atoms with E-state index in [1.54, 1.807) is 0 Å². The average molecular weight is 310 g/mol. The highest BCUT2D eigenvalue weighted by molar-refractivity contribution is 7.91. The highest BCUT2D eigenvalue weighted by Gasteiger charge is 2.22. The summed E-state index contributed by atoms with van der Waals surface area (Å²) in [7, 11) is -3.49. The van der Waals surface area contributed by atoms with Crippen molar-refractivity contribution in [3.05, 3.63) is 10.7 Å². The van der Waals surface area contributed by atoms with Crippen LogP contribution in [0.3, 0.4) is 0 Å². The van der Waals surface area contributed by atoms with E-state index in [0.717, 1.165) is 31.0 Å². The summed E-state index contributed by atoms with van der Waals surface area (Å²) in [6.45, 7) is 4.72. The predicted octanol–water partition coefficient (Wildman–Crippen LogP) is 1.56. The maximum Gasteiger partial charge on any atom is 0.251 e. The molecule has 0 amide bonds. The maximum atomic E-state index is 12.0. The predicted molar refractivity (Wildman–Crippen MR) is 72.6 cm³/mol. The highest BCUT2D eigenvalue weighted by atomic mass is 35.5. The van der Waals surface area contributed by atoms with Crippen molar-refractivity contribution >= 4 is 33.0 Å². The fourth-order valence-electron chi connectivity index (χ4n) is 2.08. The molecule has 1 unspecified atom stereocenters. The Hall–Kier alpha value is -0.210. The lowest BCUT2D eigenvalue weighted by Crippen LogP contribution is -2.40. The number of rotatable bonds is 5. The fourth-order valence-corrected chi connectivity index (χ4v) is 4.62. The second kappa shape index (κ2) is 5.83. The second-order valence-electron chi connectivity index (χ2n) is 4.46. The van der Waals surface area contributed by atoms with Gasteiger partial charge in [-0.25, -0.2) is 18.1 Å². The zero-order chi connectivity index (χ0) is 13.2. The molecule has 18 heavy (non-hydrogen) atoms. The minimum atomic E-state index is -3.49. The summed E-state index contributed by atoms with van der Waals surface area (Å²) in [5.74, 6) is 0. The van der Waals surface area contributed by atoms with Crippen LogP contribution in [-0.4, -0.2) is 44.0 Å². The Bertz CT molecular complexity index is 497. The third kappa shape index (κ3) is 3.64. The fraction of sp³-hybridized carbons (Fsp3) is 0.700. The number of thiazole rings is 1. The Morgan fingerprint density at radius 1 is 1.56 bits per heavy atom. The first-order chi connectivity index (χ1) is 8.47. The maximum absolute atomic E-state index is 12.0. The standard InChI is InChI=1S/C10H16ClN3O2S2/c1-8(7-14-4-2-3-5-14)13-18(15,16)9-6-12-10(11)17-9/h6,8,13H,2-5,7H2,1H3. The van der Waals surface area contributed by atoms with Crippen molar-refractivity contribution in [2.75, 3.05) is 19.6 Å². The van der Waals surface area contributed by atoms with Crippen molar-refractivity contribution in [3.8, 4) is 0 Å². The van der Waals surface area contributed by atoms with Crippen molar-refractivity contribution in [1.29, 1.82) is 0 Å². The van der Waals surface area contributed by atoms with E-state index in [4.69, 9.17) is 11.6 Å². The van der Waals surface area contributed by atoms with E-state index in [-0.39, 0.29) is 14.7 Å². The van der Waals surface area contributed by atoms with Crippen molar-refractivity contribution in [1.82, 2.24) is 14.6 Å². The molecule has 1 saturated heterocycles. The first-order valence-electron chi connectivity index (χ1n) is 5.83. The van der Waals surface area contributed by atoms with Gasteiger partial charge in [-0.1, -0.05) is 22.9 Å². The molecule has 1 aliphatic rings. The molecule has 2 heterocycles. The van der Waals surface area contributed by atoms with E-state index in [2.05, 4.69) is 14.6 Å². The van der Waals surface area contributed by atoms with E-state index in [0.29, 0.717) is 0 Å². The molecule has 1 fully saturated rings. The highest BCUT2D eigenvalue weighted by Crippen LogP contribution is 2.22. The Labute approximate surface area is 116 Å². The van der Waals surface area contributed by atoms with E-state index >= 15 is 0 Å². The molecule has 0 aromatic carbocycles. The summed E-state index contributed by atoms with van der Waals surface area (Å²) in [4.78, 5) is 6.02. The third-order valence-corrected chi connectivity index (χ3v) is 5.97. The molecule has 0 radical (unpaired) electrons. The van der Waals surface area contributed by atoms with Crippen molar-refractivity contribution in [2.45, 2.75) is 30.0 Å². The van der Waals surface area contributed by atoms with Crippen LogP contribution in [0, 0.1) is 0 Å². The van der Waals surface area contributed by atoms with Gasteiger partial charge in [0.05, 0.1) is 6.20 Å². The number of nitrogens with one attached hydrogen (secondary N) is 1.